The van der Waals surface area contributed by atoms with Crippen LogP contribution in [0.5, 0.6) is 0 Å². The van der Waals surface area contributed by atoms with Crippen molar-refractivity contribution in [1.29, 1.82) is 0 Å². The van der Waals surface area contributed by atoms with Crippen molar-refractivity contribution in [1.82, 2.24) is 0 Å². The summed E-state index contributed by atoms with van der Waals surface area (Å²) in [5.74, 6) is 1.44. The summed E-state index contributed by atoms with van der Waals surface area (Å²) in [6, 6.07) is 0. The van der Waals surface area contributed by atoms with E-state index in [4.69, 9.17) is 0 Å². The van der Waals surface area contributed by atoms with Gasteiger partial charge in [0.25, 0.3) is 0 Å². The van der Waals surface area contributed by atoms with Crippen LogP contribution in [0.3, 0.4) is 0 Å². The van der Waals surface area contributed by atoms with Crippen molar-refractivity contribution in [3.63, 3.8) is 0 Å². The van der Waals surface area contributed by atoms with Crippen LogP contribution in [0.4, 0.5) is 0 Å². The number of aliphatic hydroxyl groups excluding tert-OH is 1. The number of hydrogen-bond acceptors (Lipinski definition) is 1. The lowest BCUT2D eigenvalue weighted by Crippen LogP contribution is -2.25. The Hall–Kier alpha value is -0.0400. The molecule has 0 aliphatic heterocycles. The molecule has 0 amide bonds. The van der Waals surface area contributed by atoms with Crippen LogP contribution in [0.15, 0.2) is 0 Å². The Morgan fingerprint density at radius 2 is 1.05 bits per heavy atom. The van der Waals surface area contributed by atoms with E-state index < -0.39 is 0 Å². The average molecular weight is 266 g/mol. The first-order valence-corrected chi connectivity index (χ1v) is 9.04. The van der Waals surface area contributed by atoms with Crippen molar-refractivity contribution in [3.05, 3.63) is 0 Å². The van der Waals surface area contributed by atoms with E-state index in [1.165, 1.54) is 89.9 Å². The summed E-state index contributed by atoms with van der Waals surface area (Å²) >= 11 is 0. The minimum atomic E-state index is 0.00234. The Kier molecular flexibility index (Phi) is 7.27. The minimum Gasteiger partial charge on any atom is -0.393 e. The Morgan fingerprint density at radius 3 is 1.58 bits per heavy atom. The van der Waals surface area contributed by atoms with Gasteiger partial charge in [0.05, 0.1) is 6.10 Å². The summed E-state index contributed by atoms with van der Waals surface area (Å²) in [6.07, 6.45) is 20.5. The summed E-state index contributed by atoms with van der Waals surface area (Å²) in [7, 11) is 0. The quantitative estimate of drug-likeness (QED) is 0.719. The first kappa shape index (κ1) is 15.4. The lowest BCUT2D eigenvalue weighted by Gasteiger charge is -2.29. The van der Waals surface area contributed by atoms with Crippen molar-refractivity contribution in [3.8, 4) is 0 Å². The average Bonchev–Trinajstić information content (AvgIpc) is 2.31. The van der Waals surface area contributed by atoms with Gasteiger partial charge < -0.3 is 5.11 Å². The molecule has 0 aromatic heterocycles. The molecule has 112 valence electrons. The molecule has 1 unspecified atom stereocenters. The SMILES string of the molecule is OC(CC1CCCCCCC1)C1CCCCCCC1. The monoisotopic (exact) mass is 266 g/mol. The zero-order valence-corrected chi connectivity index (χ0v) is 12.8. The fraction of sp³-hybridized carbons (Fsp3) is 1.00. The third-order valence-electron chi connectivity index (χ3n) is 5.49. The molecule has 1 atom stereocenters. The van der Waals surface area contributed by atoms with Crippen molar-refractivity contribution < 1.29 is 5.11 Å². The van der Waals surface area contributed by atoms with E-state index in [1.807, 2.05) is 0 Å². The molecule has 2 saturated carbocycles. The van der Waals surface area contributed by atoms with Gasteiger partial charge in [-0.05, 0) is 31.1 Å². The van der Waals surface area contributed by atoms with Crippen LogP contribution in [-0.2, 0) is 0 Å². The van der Waals surface area contributed by atoms with Gasteiger partial charge in [-0.3, -0.25) is 0 Å². The summed E-state index contributed by atoms with van der Waals surface area (Å²) in [6.45, 7) is 0. The Bertz CT molecular complexity index is 210. The van der Waals surface area contributed by atoms with Gasteiger partial charge in [0.1, 0.15) is 0 Å². The van der Waals surface area contributed by atoms with E-state index in [2.05, 4.69) is 0 Å². The summed E-state index contributed by atoms with van der Waals surface area (Å²) in [4.78, 5) is 0. The van der Waals surface area contributed by atoms with Crippen LogP contribution in [0, 0.1) is 11.8 Å². The minimum absolute atomic E-state index is 0.00234. The molecule has 2 aliphatic rings. The molecule has 0 heterocycles. The van der Waals surface area contributed by atoms with Gasteiger partial charge in [0.15, 0.2) is 0 Å². The van der Waals surface area contributed by atoms with Crippen LogP contribution < -0.4 is 0 Å². The molecular weight excluding hydrogens is 232 g/mol. The van der Waals surface area contributed by atoms with Gasteiger partial charge >= 0.3 is 0 Å². The van der Waals surface area contributed by atoms with Crippen LogP contribution in [0.1, 0.15) is 96.3 Å². The van der Waals surface area contributed by atoms with E-state index >= 15 is 0 Å². The maximum absolute atomic E-state index is 10.6. The number of aliphatic hydroxyl groups is 1. The molecule has 0 radical (unpaired) electrons. The Balaban J connectivity index is 1.75. The molecule has 1 nitrogen and oxygen atoms in total. The summed E-state index contributed by atoms with van der Waals surface area (Å²) in [5.41, 5.74) is 0. The largest absolute Gasteiger partial charge is 0.393 e. The fourth-order valence-corrected chi connectivity index (χ4v) is 4.18. The second-order valence-electron chi connectivity index (χ2n) is 7.12. The standard InChI is InChI=1S/C18H34O/c19-18(17-13-9-5-2-6-10-14-17)15-16-11-7-3-1-4-8-12-16/h16-19H,1-15H2. The van der Waals surface area contributed by atoms with E-state index in [1.54, 1.807) is 0 Å². The van der Waals surface area contributed by atoms with E-state index in [0.29, 0.717) is 5.92 Å². The maximum Gasteiger partial charge on any atom is 0.0571 e. The predicted molar refractivity (Wildman–Crippen MR) is 82.2 cm³/mol. The van der Waals surface area contributed by atoms with E-state index in [-0.39, 0.29) is 6.10 Å². The Morgan fingerprint density at radius 1 is 0.632 bits per heavy atom. The summed E-state index contributed by atoms with van der Waals surface area (Å²) in [5, 5.41) is 10.6. The van der Waals surface area contributed by atoms with E-state index in [9.17, 15) is 5.11 Å². The normalized spacial score (nSPS) is 27.0. The molecule has 0 aromatic rings. The van der Waals surface area contributed by atoms with Gasteiger partial charge in [-0.1, -0.05) is 77.0 Å². The zero-order chi connectivity index (χ0) is 13.3. The number of hydrogen-bond donors (Lipinski definition) is 1. The topological polar surface area (TPSA) is 20.2 Å². The molecule has 2 aliphatic carbocycles. The van der Waals surface area contributed by atoms with Crippen molar-refractivity contribution in [2.24, 2.45) is 11.8 Å². The highest BCUT2D eigenvalue weighted by Crippen LogP contribution is 2.31. The van der Waals surface area contributed by atoms with Crippen molar-refractivity contribution >= 4 is 0 Å². The number of rotatable bonds is 3. The van der Waals surface area contributed by atoms with Gasteiger partial charge in [0.2, 0.25) is 0 Å². The molecule has 0 bridgehead atoms. The second-order valence-corrected chi connectivity index (χ2v) is 7.12. The third-order valence-corrected chi connectivity index (χ3v) is 5.49. The zero-order valence-electron chi connectivity index (χ0n) is 12.8. The predicted octanol–water partition coefficient (Wildman–Crippen LogP) is 5.46. The molecule has 0 aromatic carbocycles. The lowest BCUT2D eigenvalue weighted by atomic mass is 9.80. The fourth-order valence-electron chi connectivity index (χ4n) is 4.18. The smallest absolute Gasteiger partial charge is 0.0571 e. The van der Waals surface area contributed by atoms with Gasteiger partial charge in [-0.2, -0.15) is 0 Å². The second kappa shape index (κ2) is 9.00. The molecule has 0 spiro atoms. The highest BCUT2D eigenvalue weighted by Gasteiger charge is 2.23. The molecule has 2 rings (SSSR count). The highest BCUT2D eigenvalue weighted by atomic mass is 16.3. The molecule has 19 heavy (non-hydrogen) atoms. The van der Waals surface area contributed by atoms with Crippen molar-refractivity contribution in [2.75, 3.05) is 0 Å². The van der Waals surface area contributed by atoms with Crippen LogP contribution in [-0.4, -0.2) is 11.2 Å². The lowest BCUT2D eigenvalue weighted by molar-refractivity contribution is 0.0631. The van der Waals surface area contributed by atoms with E-state index in [0.717, 1.165) is 12.3 Å². The van der Waals surface area contributed by atoms with Gasteiger partial charge in [-0.25, -0.2) is 0 Å². The van der Waals surface area contributed by atoms with Crippen LogP contribution >= 0.6 is 0 Å². The molecule has 1 N–H and O–H groups in total. The van der Waals surface area contributed by atoms with Gasteiger partial charge in [0, 0.05) is 0 Å². The first-order chi connectivity index (χ1) is 9.36. The third kappa shape index (κ3) is 5.85. The molecule has 1 heteroatoms. The van der Waals surface area contributed by atoms with Gasteiger partial charge in [-0.15, -0.1) is 0 Å². The highest BCUT2D eigenvalue weighted by molar-refractivity contribution is 4.75. The van der Waals surface area contributed by atoms with Crippen LogP contribution in [0.2, 0.25) is 0 Å². The summed E-state index contributed by atoms with van der Waals surface area (Å²) < 4.78 is 0. The first-order valence-electron chi connectivity index (χ1n) is 9.04. The Labute approximate surface area is 120 Å². The maximum atomic E-state index is 10.6. The van der Waals surface area contributed by atoms with Crippen LogP contribution in [0.25, 0.3) is 0 Å². The molecule has 0 saturated heterocycles. The molecular formula is C18H34O. The van der Waals surface area contributed by atoms with Crippen molar-refractivity contribution in [2.45, 2.75) is 102 Å². The molecule has 2 fully saturated rings.